The van der Waals surface area contributed by atoms with Crippen molar-refractivity contribution in [2.75, 3.05) is 7.05 Å². The van der Waals surface area contributed by atoms with Crippen LogP contribution >= 0.6 is 0 Å². The van der Waals surface area contributed by atoms with E-state index >= 15 is 0 Å². The van der Waals surface area contributed by atoms with Gasteiger partial charge in [-0.05, 0) is 39.3 Å². The van der Waals surface area contributed by atoms with E-state index in [9.17, 15) is 0 Å². The largest absolute Gasteiger partial charge is 0.326 e. The van der Waals surface area contributed by atoms with Gasteiger partial charge >= 0.3 is 0 Å². The van der Waals surface area contributed by atoms with Crippen LogP contribution in [0.1, 0.15) is 56.2 Å². The van der Waals surface area contributed by atoms with Crippen LogP contribution in [-0.2, 0) is 0 Å². The molecule has 0 amide bonds. The SMILES string of the molecule is Cc1ccc(C(C(C)N)N(C)C2CCCCC2)cc1. The second-order valence-electron chi connectivity index (χ2n) is 6.17. The smallest absolute Gasteiger partial charge is 0.0496 e. The van der Waals surface area contributed by atoms with E-state index in [-0.39, 0.29) is 6.04 Å². The van der Waals surface area contributed by atoms with Crippen LogP contribution in [-0.4, -0.2) is 24.0 Å². The van der Waals surface area contributed by atoms with E-state index in [2.05, 4.69) is 50.1 Å². The molecule has 19 heavy (non-hydrogen) atoms. The first kappa shape index (κ1) is 14.5. The van der Waals surface area contributed by atoms with Crippen LogP contribution in [0, 0.1) is 6.92 Å². The fourth-order valence-corrected chi connectivity index (χ4v) is 3.39. The summed E-state index contributed by atoms with van der Waals surface area (Å²) in [6.45, 7) is 4.26. The Kier molecular flexibility index (Phi) is 5.00. The van der Waals surface area contributed by atoms with Crippen molar-refractivity contribution in [2.24, 2.45) is 5.73 Å². The van der Waals surface area contributed by atoms with Crippen molar-refractivity contribution in [2.45, 2.75) is 64.1 Å². The molecule has 2 unspecified atom stereocenters. The van der Waals surface area contributed by atoms with Crippen molar-refractivity contribution in [3.05, 3.63) is 35.4 Å². The van der Waals surface area contributed by atoms with Crippen LogP contribution in [0.15, 0.2) is 24.3 Å². The molecule has 2 N–H and O–H groups in total. The first-order chi connectivity index (χ1) is 9.09. The standard InChI is InChI=1S/C17H28N2/c1-13-9-11-15(12-10-13)17(14(2)18)19(3)16-7-5-4-6-8-16/h9-12,14,16-17H,4-8,18H2,1-3H3. The first-order valence-corrected chi connectivity index (χ1v) is 7.63. The van der Waals surface area contributed by atoms with Crippen molar-refractivity contribution in [3.63, 3.8) is 0 Å². The highest BCUT2D eigenvalue weighted by Crippen LogP contribution is 2.30. The number of hydrogen-bond donors (Lipinski definition) is 1. The van der Waals surface area contributed by atoms with Crippen LogP contribution in [0.5, 0.6) is 0 Å². The van der Waals surface area contributed by atoms with Gasteiger partial charge < -0.3 is 5.73 Å². The molecule has 1 aliphatic rings. The fraction of sp³-hybridized carbons (Fsp3) is 0.647. The fourth-order valence-electron chi connectivity index (χ4n) is 3.39. The Bertz CT molecular complexity index is 377. The Morgan fingerprint density at radius 2 is 1.68 bits per heavy atom. The lowest BCUT2D eigenvalue weighted by Gasteiger charge is -2.39. The van der Waals surface area contributed by atoms with E-state index in [0.717, 1.165) is 0 Å². The predicted octanol–water partition coefficient (Wildman–Crippen LogP) is 3.65. The van der Waals surface area contributed by atoms with Gasteiger partial charge in [0, 0.05) is 18.1 Å². The number of rotatable bonds is 4. The summed E-state index contributed by atoms with van der Waals surface area (Å²) in [5.41, 5.74) is 8.94. The Morgan fingerprint density at radius 1 is 1.11 bits per heavy atom. The van der Waals surface area contributed by atoms with Gasteiger partial charge in [0.05, 0.1) is 0 Å². The molecule has 2 rings (SSSR count). The molecule has 2 atom stereocenters. The maximum Gasteiger partial charge on any atom is 0.0496 e. The Balaban J connectivity index is 2.16. The molecule has 1 aromatic carbocycles. The third-order valence-electron chi connectivity index (χ3n) is 4.51. The molecule has 0 heterocycles. The molecule has 0 spiro atoms. The third-order valence-corrected chi connectivity index (χ3v) is 4.51. The summed E-state index contributed by atoms with van der Waals surface area (Å²) < 4.78 is 0. The normalized spacial score (nSPS) is 20.5. The van der Waals surface area contributed by atoms with Gasteiger partial charge in [-0.3, -0.25) is 4.90 Å². The molecule has 1 saturated carbocycles. The minimum Gasteiger partial charge on any atom is -0.326 e. The summed E-state index contributed by atoms with van der Waals surface area (Å²) in [6, 6.07) is 10.1. The molecule has 0 bridgehead atoms. The van der Waals surface area contributed by atoms with Crippen LogP contribution in [0.4, 0.5) is 0 Å². The van der Waals surface area contributed by atoms with E-state index in [0.29, 0.717) is 12.1 Å². The Hall–Kier alpha value is -0.860. The molecular weight excluding hydrogens is 232 g/mol. The molecule has 2 nitrogen and oxygen atoms in total. The van der Waals surface area contributed by atoms with Gasteiger partial charge in [-0.15, -0.1) is 0 Å². The van der Waals surface area contributed by atoms with Crippen molar-refractivity contribution >= 4 is 0 Å². The maximum atomic E-state index is 6.27. The average Bonchev–Trinajstić information content (AvgIpc) is 2.42. The summed E-state index contributed by atoms with van der Waals surface area (Å²) in [5, 5.41) is 0. The molecule has 1 fully saturated rings. The monoisotopic (exact) mass is 260 g/mol. The minimum absolute atomic E-state index is 0.162. The summed E-state index contributed by atoms with van der Waals surface area (Å²) in [7, 11) is 2.25. The van der Waals surface area contributed by atoms with Gasteiger partial charge in [-0.2, -0.15) is 0 Å². The Morgan fingerprint density at radius 3 is 2.21 bits per heavy atom. The topological polar surface area (TPSA) is 29.3 Å². The molecule has 1 aromatic rings. The first-order valence-electron chi connectivity index (χ1n) is 7.63. The van der Waals surface area contributed by atoms with E-state index in [1.54, 1.807) is 0 Å². The second kappa shape index (κ2) is 6.53. The number of hydrogen-bond acceptors (Lipinski definition) is 2. The zero-order chi connectivity index (χ0) is 13.8. The van der Waals surface area contributed by atoms with Gasteiger partial charge in [0.2, 0.25) is 0 Å². The lowest BCUT2D eigenvalue weighted by molar-refractivity contribution is 0.123. The zero-order valence-corrected chi connectivity index (χ0v) is 12.6. The van der Waals surface area contributed by atoms with Gasteiger partial charge in [0.1, 0.15) is 0 Å². The summed E-state index contributed by atoms with van der Waals surface area (Å²) >= 11 is 0. The minimum atomic E-state index is 0.162. The van der Waals surface area contributed by atoms with E-state index < -0.39 is 0 Å². The highest BCUT2D eigenvalue weighted by Gasteiger charge is 2.27. The van der Waals surface area contributed by atoms with Crippen molar-refractivity contribution in [1.82, 2.24) is 4.90 Å². The number of nitrogens with two attached hydrogens (primary N) is 1. The van der Waals surface area contributed by atoms with Crippen LogP contribution in [0.3, 0.4) is 0 Å². The zero-order valence-electron chi connectivity index (χ0n) is 12.6. The lowest BCUT2D eigenvalue weighted by atomic mass is 9.90. The lowest BCUT2D eigenvalue weighted by Crippen LogP contribution is -2.43. The van der Waals surface area contributed by atoms with Crippen molar-refractivity contribution in [1.29, 1.82) is 0 Å². The number of aryl methyl sites for hydroxylation is 1. The number of benzene rings is 1. The number of likely N-dealkylation sites (N-methyl/N-ethyl adjacent to an activating group) is 1. The quantitative estimate of drug-likeness (QED) is 0.895. The van der Waals surface area contributed by atoms with Crippen molar-refractivity contribution in [3.8, 4) is 0 Å². The van der Waals surface area contributed by atoms with Gasteiger partial charge in [0.25, 0.3) is 0 Å². The van der Waals surface area contributed by atoms with Crippen LogP contribution < -0.4 is 5.73 Å². The molecule has 0 aromatic heterocycles. The van der Waals surface area contributed by atoms with Gasteiger partial charge in [0.15, 0.2) is 0 Å². The van der Waals surface area contributed by atoms with E-state index in [1.165, 1.54) is 43.2 Å². The molecule has 1 aliphatic carbocycles. The second-order valence-corrected chi connectivity index (χ2v) is 6.17. The third kappa shape index (κ3) is 3.58. The van der Waals surface area contributed by atoms with Crippen LogP contribution in [0.2, 0.25) is 0 Å². The molecule has 0 radical (unpaired) electrons. The van der Waals surface area contributed by atoms with Crippen LogP contribution in [0.25, 0.3) is 0 Å². The summed E-state index contributed by atoms with van der Waals surface area (Å²) in [5.74, 6) is 0. The average molecular weight is 260 g/mol. The van der Waals surface area contributed by atoms with Crippen molar-refractivity contribution < 1.29 is 0 Å². The molecule has 0 saturated heterocycles. The Labute approximate surface area is 118 Å². The molecular formula is C17H28N2. The van der Waals surface area contributed by atoms with E-state index in [1.807, 2.05) is 0 Å². The maximum absolute atomic E-state index is 6.27. The predicted molar refractivity (Wildman–Crippen MR) is 82.2 cm³/mol. The van der Waals surface area contributed by atoms with Gasteiger partial charge in [-0.25, -0.2) is 0 Å². The summed E-state index contributed by atoms with van der Waals surface area (Å²) in [4.78, 5) is 2.52. The highest BCUT2D eigenvalue weighted by atomic mass is 15.2. The molecule has 0 aliphatic heterocycles. The highest BCUT2D eigenvalue weighted by molar-refractivity contribution is 5.25. The molecule has 2 heteroatoms. The summed E-state index contributed by atoms with van der Waals surface area (Å²) in [6.07, 6.45) is 6.79. The molecule has 106 valence electrons. The van der Waals surface area contributed by atoms with Gasteiger partial charge in [-0.1, -0.05) is 49.1 Å². The van der Waals surface area contributed by atoms with E-state index in [4.69, 9.17) is 5.73 Å². The number of nitrogens with zero attached hydrogens (tertiary/aromatic N) is 1.